The lowest BCUT2D eigenvalue weighted by Crippen LogP contribution is -2.17. The van der Waals surface area contributed by atoms with Crippen molar-refractivity contribution in [3.05, 3.63) is 94.5 Å². The fourth-order valence-corrected chi connectivity index (χ4v) is 3.48. The van der Waals surface area contributed by atoms with Crippen molar-refractivity contribution in [1.82, 2.24) is 5.32 Å². The Bertz CT molecular complexity index is 1120. The van der Waals surface area contributed by atoms with Gasteiger partial charge in [0.1, 0.15) is 17.6 Å². The summed E-state index contributed by atoms with van der Waals surface area (Å²) in [5.41, 5.74) is 4.87. The second-order valence-electron chi connectivity index (χ2n) is 9.13. The van der Waals surface area contributed by atoms with Crippen LogP contribution in [-0.4, -0.2) is 17.6 Å². The van der Waals surface area contributed by atoms with Crippen LogP contribution in [0.25, 0.3) is 0 Å². The minimum atomic E-state index is -0.935. The summed E-state index contributed by atoms with van der Waals surface area (Å²) in [6.45, 7) is 8.32. The standard InChI is InChI=1S/C28H30N2O3/c1-28(2,3)24-9-4-20(5-10-24)14-15-30-19-21-6-11-25(12-7-21)33-26-13-8-22(17-27(31)32)16-23(26)18-29/h4-13,16,30H,14-15,17,19H2,1-3H3,(H,31,32). The molecule has 170 valence electrons. The van der Waals surface area contributed by atoms with Gasteiger partial charge in [0.25, 0.3) is 0 Å². The molecule has 3 aromatic carbocycles. The van der Waals surface area contributed by atoms with Crippen molar-refractivity contribution >= 4 is 5.97 Å². The van der Waals surface area contributed by atoms with Crippen LogP contribution in [0.1, 0.15) is 48.6 Å². The predicted octanol–water partition coefficient (Wildman–Crippen LogP) is 5.61. The van der Waals surface area contributed by atoms with Crippen molar-refractivity contribution in [2.24, 2.45) is 0 Å². The van der Waals surface area contributed by atoms with E-state index in [1.807, 2.05) is 24.3 Å². The van der Waals surface area contributed by atoms with Crippen molar-refractivity contribution in [3.63, 3.8) is 0 Å². The molecule has 0 aliphatic carbocycles. The summed E-state index contributed by atoms with van der Waals surface area (Å²) >= 11 is 0. The molecule has 0 heterocycles. The van der Waals surface area contributed by atoms with Crippen LogP contribution in [0.5, 0.6) is 11.5 Å². The van der Waals surface area contributed by atoms with Gasteiger partial charge >= 0.3 is 5.97 Å². The molecule has 0 spiro atoms. The summed E-state index contributed by atoms with van der Waals surface area (Å²) in [5.74, 6) is 0.102. The van der Waals surface area contributed by atoms with Crippen molar-refractivity contribution in [1.29, 1.82) is 5.26 Å². The lowest BCUT2D eigenvalue weighted by atomic mass is 9.86. The van der Waals surface area contributed by atoms with E-state index < -0.39 is 5.97 Å². The van der Waals surface area contributed by atoms with Gasteiger partial charge in [-0.2, -0.15) is 5.26 Å². The third-order valence-corrected chi connectivity index (χ3v) is 5.41. The Morgan fingerprint density at radius 2 is 1.61 bits per heavy atom. The van der Waals surface area contributed by atoms with E-state index >= 15 is 0 Å². The molecule has 2 N–H and O–H groups in total. The number of rotatable bonds is 9. The molecule has 0 bridgehead atoms. The summed E-state index contributed by atoms with van der Waals surface area (Å²) in [4.78, 5) is 10.9. The van der Waals surface area contributed by atoms with Gasteiger partial charge in [-0.25, -0.2) is 0 Å². The first kappa shape index (κ1) is 24.0. The van der Waals surface area contributed by atoms with Gasteiger partial charge < -0.3 is 15.2 Å². The highest BCUT2D eigenvalue weighted by molar-refractivity contribution is 5.70. The molecule has 0 saturated carbocycles. The van der Waals surface area contributed by atoms with E-state index in [0.29, 0.717) is 22.6 Å². The molecule has 0 amide bonds. The largest absolute Gasteiger partial charge is 0.481 e. The first-order valence-electron chi connectivity index (χ1n) is 11.1. The number of hydrogen-bond donors (Lipinski definition) is 2. The molecular weight excluding hydrogens is 412 g/mol. The normalized spacial score (nSPS) is 11.1. The van der Waals surface area contributed by atoms with Crippen LogP contribution in [0.3, 0.4) is 0 Å². The topological polar surface area (TPSA) is 82.3 Å². The first-order chi connectivity index (χ1) is 15.7. The maximum Gasteiger partial charge on any atom is 0.307 e. The van der Waals surface area contributed by atoms with Gasteiger partial charge in [-0.3, -0.25) is 4.79 Å². The summed E-state index contributed by atoms with van der Waals surface area (Å²) in [6.07, 6.45) is 0.847. The highest BCUT2D eigenvalue weighted by Crippen LogP contribution is 2.26. The highest BCUT2D eigenvalue weighted by Gasteiger charge is 2.12. The summed E-state index contributed by atoms with van der Waals surface area (Å²) in [6, 6.07) is 23.5. The summed E-state index contributed by atoms with van der Waals surface area (Å²) in [7, 11) is 0. The van der Waals surface area contributed by atoms with Crippen molar-refractivity contribution in [2.75, 3.05) is 6.54 Å². The molecule has 3 rings (SSSR count). The molecule has 0 atom stereocenters. The fraction of sp³-hybridized carbons (Fsp3) is 0.286. The van der Waals surface area contributed by atoms with Crippen LogP contribution in [0, 0.1) is 11.3 Å². The van der Waals surface area contributed by atoms with Gasteiger partial charge in [0.2, 0.25) is 0 Å². The summed E-state index contributed by atoms with van der Waals surface area (Å²) < 4.78 is 5.84. The molecule has 5 heteroatoms. The Hall–Kier alpha value is -3.62. The zero-order valence-corrected chi connectivity index (χ0v) is 19.4. The quantitative estimate of drug-likeness (QED) is 0.421. The predicted molar refractivity (Wildman–Crippen MR) is 130 cm³/mol. The van der Waals surface area contributed by atoms with Gasteiger partial charge in [0, 0.05) is 6.54 Å². The fourth-order valence-electron chi connectivity index (χ4n) is 3.48. The minimum absolute atomic E-state index is 0.126. The number of nitrogens with one attached hydrogen (secondary N) is 1. The van der Waals surface area contributed by atoms with E-state index in [1.54, 1.807) is 18.2 Å². The molecular formula is C28H30N2O3. The third-order valence-electron chi connectivity index (χ3n) is 5.41. The molecule has 0 radical (unpaired) electrons. The lowest BCUT2D eigenvalue weighted by molar-refractivity contribution is -0.136. The van der Waals surface area contributed by atoms with Crippen LogP contribution in [0.15, 0.2) is 66.7 Å². The van der Waals surface area contributed by atoms with Crippen molar-refractivity contribution < 1.29 is 14.6 Å². The van der Waals surface area contributed by atoms with Crippen LogP contribution in [0.2, 0.25) is 0 Å². The Labute approximate surface area is 195 Å². The van der Waals surface area contributed by atoms with Crippen molar-refractivity contribution in [3.8, 4) is 17.6 Å². The minimum Gasteiger partial charge on any atom is -0.481 e. The monoisotopic (exact) mass is 442 g/mol. The van der Waals surface area contributed by atoms with Crippen LogP contribution < -0.4 is 10.1 Å². The Kier molecular flexibility index (Phi) is 7.87. The van der Waals surface area contributed by atoms with Gasteiger partial charge in [-0.15, -0.1) is 0 Å². The van der Waals surface area contributed by atoms with E-state index in [9.17, 15) is 10.1 Å². The van der Waals surface area contributed by atoms with E-state index in [0.717, 1.165) is 25.1 Å². The Morgan fingerprint density at radius 3 is 2.21 bits per heavy atom. The first-order valence-corrected chi connectivity index (χ1v) is 11.1. The second-order valence-corrected chi connectivity index (χ2v) is 9.13. The molecule has 0 unspecified atom stereocenters. The molecule has 0 aliphatic heterocycles. The molecule has 5 nitrogen and oxygen atoms in total. The number of hydrogen-bond acceptors (Lipinski definition) is 4. The Balaban J connectivity index is 1.49. The van der Waals surface area contributed by atoms with Crippen LogP contribution >= 0.6 is 0 Å². The molecule has 0 aliphatic rings. The number of nitrogens with zero attached hydrogens (tertiary/aromatic N) is 1. The van der Waals surface area contributed by atoms with E-state index in [4.69, 9.17) is 9.84 Å². The number of benzene rings is 3. The number of nitriles is 1. The van der Waals surface area contributed by atoms with E-state index in [1.165, 1.54) is 11.1 Å². The van der Waals surface area contributed by atoms with E-state index in [-0.39, 0.29) is 11.8 Å². The number of ether oxygens (including phenoxy) is 1. The average Bonchev–Trinajstić information content (AvgIpc) is 2.78. The SMILES string of the molecule is CC(C)(C)c1ccc(CCNCc2ccc(Oc3ccc(CC(=O)O)cc3C#N)cc2)cc1. The number of carboxylic acids is 1. The molecule has 3 aromatic rings. The number of aliphatic carboxylic acids is 1. The van der Waals surface area contributed by atoms with E-state index in [2.05, 4.69) is 56.4 Å². The average molecular weight is 443 g/mol. The van der Waals surface area contributed by atoms with Gasteiger partial charge in [-0.1, -0.05) is 63.2 Å². The summed E-state index contributed by atoms with van der Waals surface area (Å²) in [5, 5.41) is 21.8. The van der Waals surface area contributed by atoms with Crippen LogP contribution in [-0.2, 0) is 29.6 Å². The molecule has 0 fully saturated rings. The highest BCUT2D eigenvalue weighted by atomic mass is 16.5. The maximum atomic E-state index is 10.9. The van der Waals surface area contributed by atoms with Crippen molar-refractivity contribution in [2.45, 2.75) is 45.6 Å². The smallest absolute Gasteiger partial charge is 0.307 e. The van der Waals surface area contributed by atoms with Crippen LogP contribution in [0.4, 0.5) is 0 Å². The second kappa shape index (κ2) is 10.8. The molecule has 0 aromatic heterocycles. The third kappa shape index (κ3) is 7.20. The number of carboxylic acid groups (broad SMARTS) is 1. The zero-order valence-electron chi connectivity index (χ0n) is 19.4. The van der Waals surface area contributed by atoms with Gasteiger partial charge in [0.05, 0.1) is 12.0 Å². The molecule has 0 saturated heterocycles. The lowest BCUT2D eigenvalue weighted by Gasteiger charge is -2.19. The van der Waals surface area contributed by atoms with Gasteiger partial charge in [-0.05, 0) is 64.9 Å². The number of carbonyl (C=O) groups is 1. The zero-order chi connectivity index (χ0) is 23.8. The molecule has 33 heavy (non-hydrogen) atoms. The Morgan fingerprint density at radius 1 is 0.970 bits per heavy atom. The maximum absolute atomic E-state index is 10.9. The van der Waals surface area contributed by atoms with Gasteiger partial charge in [0.15, 0.2) is 0 Å².